The molecule has 0 nitrogen and oxygen atoms in total. The molecule has 0 saturated carbocycles. The van der Waals surface area contributed by atoms with Crippen LogP contribution >= 0.6 is 11.6 Å². The molecule has 0 unspecified atom stereocenters. The van der Waals surface area contributed by atoms with Crippen LogP contribution in [0.2, 0.25) is 0 Å². The summed E-state index contributed by atoms with van der Waals surface area (Å²) in [5, 5.41) is 0. The second kappa shape index (κ2) is 16.0. The summed E-state index contributed by atoms with van der Waals surface area (Å²) < 4.78 is 0. The predicted octanol–water partition coefficient (Wildman–Crippen LogP) is 4.00. The molecule has 10 heavy (non-hydrogen) atoms. The van der Waals surface area contributed by atoms with E-state index in [-0.39, 0.29) is 0 Å². The lowest BCUT2D eigenvalue weighted by atomic mass is 10.3. The van der Waals surface area contributed by atoms with Crippen molar-refractivity contribution in [3.05, 3.63) is 12.7 Å². The highest BCUT2D eigenvalue weighted by atomic mass is 35.5. The Labute approximate surface area is 70.3 Å². The van der Waals surface area contributed by atoms with Crippen LogP contribution in [0.3, 0.4) is 0 Å². The topological polar surface area (TPSA) is 0 Å². The summed E-state index contributed by atoms with van der Waals surface area (Å²) >= 11 is 5.38. The first-order valence-electron chi connectivity index (χ1n) is 4.00. The van der Waals surface area contributed by atoms with Crippen LogP contribution in [0.15, 0.2) is 12.7 Å². The maximum absolute atomic E-state index is 5.38. The zero-order chi connectivity index (χ0) is 8.24. The minimum absolute atomic E-state index is 0.827. The molecule has 0 aliphatic rings. The molecule has 62 valence electrons. The fourth-order valence-corrected chi connectivity index (χ4v) is 0.533. The summed E-state index contributed by atoms with van der Waals surface area (Å²) in [7, 11) is 0. The van der Waals surface area contributed by atoms with Crippen molar-refractivity contribution in [1.29, 1.82) is 0 Å². The van der Waals surface area contributed by atoms with Gasteiger partial charge in [0, 0.05) is 5.88 Å². The van der Waals surface area contributed by atoms with Gasteiger partial charge in [0.15, 0.2) is 0 Å². The summed E-state index contributed by atoms with van der Waals surface area (Å²) in [6.07, 6.45) is 6.69. The Hall–Kier alpha value is 0.0300. The van der Waals surface area contributed by atoms with Gasteiger partial charge in [0.2, 0.25) is 0 Å². The molecule has 0 rings (SSSR count). The van der Waals surface area contributed by atoms with Crippen LogP contribution in [0.25, 0.3) is 0 Å². The van der Waals surface area contributed by atoms with E-state index in [1.54, 1.807) is 0 Å². The lowest BCUT2D eigenvalue weighted by molar-refractivity contribution is 0.776. The van der Waals surface area contributed by atoms with Crippen molar-refractivity contribution in [3.8, 4) is 0 Å². The molecule has 0 N–H and O–H groups in total. The van der Waals surface area contributed by atoms with Crippen LogP contribution in [0, 0.1) is 0 Å². The van der Waals surface area contributed by atoms with Crippen molar-refractivity contribution in [2.75, 3.05) is 5.88 Å². The Morgan fingerprint density at radius 2 is 1.80 bits per heavy atom. The van der Waals surface area contributed by atoms with E-state index in [2.05, 4.69) is 20.4 Å². The molecule has 0 aromatic carbocycles. The number of unbranched alkanes of at least 4 members (excludes halogenated alkanes) is 2. The summed E-state index contributed by atoms with van der Waals surface area (Å²) in [5.41, 5.74) is 0. The maximum atomic E-state index is 5.38. The molecule has 0 heterocycles. The van der Waals surface area contributed by atoms with Gasteiger partial charge in [-0.05, 0) is 12.8 Å². The second-order valence-corrected chi connectivity index (χ2v) is 2.47. The quantitative estimate of drug-likeness (QED) is 0.333. The first-order valence-corrected chi connectivity index (χ1v) is 4.53. The molecule has 0 aromatic rings. The Morgan fingerprint density at radius 3 is 1.90 bits per heavy atom. The van der Waals surface area contributed by atoms with Crippen molar-refractivity contribution in [2.45, 2.75) is 39.5 Å². The highest BCUT2D eigenvalue weighted by molar-refractivity contribution is 6.17. The molecule has 1 heteroatoms. The standard InChI is InChI=1S/C5H11Cl.C4H8/c1-2-3-4-5-6;1-3-4-2/h2-5H2,1H3;3H,1,4H2,2H3. The average Bonchev–Trinajstić information content (AvgIpc) is 2.01. The number of rotatable bonds is 4. The molecule has 0 aromatic heterocycles. The minimum atomic E-state index is 0.827. The number of allylic oxidation sites excluding steroid dienone is 1. The number of halogens is 1. The second-order valence-electron chi connectivity index (χ2n) is 2.09. The largest absolute Gasteiger partial charge is 0.127 e. The third kappa shape index (κ3) is 24.4. The molecule has 0 saturated heterocycles. The van der Waals surface area contributed by atoms with E-state index in [1.165, 1.54) is 19.3 Å². The van der Waals surface area contributed by atoms with Crippen molar-refractivity contribution in [2.24, 2.45) is 0 Å². The van der Waals surface area contributed by atoms with E-state index in [4.69, 9.17) is 11.6 Å². The van der Waals surface area contributed by atoms with Crippen molar-refractivity contribution < 1.29 is 0 Å². The van der Waals surface area contributed by atoms with E-state index in [0.717, 1.165) is 12.3 Å². The molecule has 0 spiro atoms. The zero-order valence-corrected chi connectivity index (χ0v) is 7.95. The van der Waals surface area contributed by atoms with E-state index in [9.17, 15) is 0 Å². The molecule has 0 aliphatic heterocycles. The summed E-state index contributed by atoms with van der Waals surface area (Å²) in [6.45, 7) is 7.71. The zero-order valence-electron chi connectivity index (χ0n) is 7.20. The van der Waals surface area contributed by atoms with E-state index in [0.29, 0.717) is 0 Å². The third-order valence-corrected chi connectivity index (χ3v) is 1.29. The molecule has 0 aliphatic carbocycles. The van der Waals surface area contributed by atoms with Crippen LogP contribution in [-0.4, -0.2) is 5.88 Å². The molecule has 0 atom stereocenters. The first-order chi connectivity index (χ1) is 4.83. The minimum Gasteiger partial charge on any atom is -0.127 e. The van der Waals surface area contributed by atoms with Crippen LogP contribution in [0.4, 0.5) is 0 Å². The lowest BCUT2D eigenvalue weighted by Crippen LogP contribution is -1.70. The highest BCUT2D eigenvalue weighted by Gasteiger charge is 1.76. The number of alkyl halides is 1. The molecular weight excluding hydrogens is 144 g/mol. The fraction of sp³-hybridized carbons (Fsp3) is 0.778. The van der Waals surface area contributed by atoms with Gasteiger partial charge in [-0.1, -0.05) is 32.8 Å². The number of hydrogen-bond donors (Lipinski definition) is 0. The first kappa shape index (κ1) is 12.7. The van der Waals surface area contributed by atoms with Gasteiger partial charge in [-0.15, -0.1) is 18.2 Å². The van der Waals surface area contributed by atoms with Gasteiger partial charge >= 0.3 is 0 Å². The molecular formula is C9H19Cl. The Bertz CT molecular complexity index is 46.7. The van der Waals surface area contributed by atoms with Gasteiger partial charge in [-0.25, -0.2) is 0 Å². The van der Waals surface area contributed by atoms with Crippen LogP contribution in [0.1, 0.15) is 39.5 Å². The van der Waals surface area contributed by atoms with Gasteiger partial charge in [0.05, 0.1) is 0 Å². The highest BCUT2D eigenvalue weighted by Crippen LogP contribution is 1.93. The van der Waals surface area contributed by atoms with Crippen LogP contribution in [-0.2, 0) is 0 Å². The van der Waals surface area contributed by atoms with Crippen LogP contribution in [0.5, 0.6) is 0 Å². The Balaban J connectivity index is 0. The Kier molecular flexibility index (Phi) is 20.3. The van der Waals surface area contributed by atoms with E-state index in [1.807, 2.05) is 6.08 Å². The average molecular weight is 163 g/mol. The molecule has 0 amide bonds. The van der Waals surface area contributed by atoms with Crippen molar-refractivity contribution >= 4 is 11.6 Å². The van der Waals surface area contributed by atoms with Gasteiger partial charge in [0.1, 0.15) is 0 Å². The lowest BCUT2D eigenvalue weighted by Gasteiger charge is -1.84. The monoisotopic (exact) mass is 162 g/mol. The van der Waals surface area contributed by atoms with Crippen LogP contribution < -0.4 is 0 Å². The number of hydrogen-bond acceptors (Lipinski definition) is 0. The fourth-order valence-electron chi connectivity index (χ4n) is 0.344. The van der Waals surface area contributed by atoms with Crippen molar-refractivity contribution in [3.63, 3.8) is 0 Å². The molecule has 0 bridgehead atoms. The maximum Gasteiger partial charge on any atom is 0.0223 e. The van der Waals surface area contributed by atoms with E-state index >= 15 is 0 Å². The third-order valence-electron chi connectivity index (χ3n) is 1.03. The normalized spacial score (nSPS) is 7.90. The molecule has 0 fully saturated rings. The Morgan fingerprint density at radius 1 is 1.30 bits per heavy atom. The van der Waals surface area contributed by atoms with Gasteiger partial charge in [0.25, 0.3) is 0 Å². The van der Waals surface area contributed by atoms with Gasteiger partial charge < -0.3 is 0 Å². The molecule has 0 radical (unpaired) electrons. The van der Waals surface area contributed by atoms with Crippen molar-refractivity contribution in [1.82, 2.24) is 0 Å². The summed E-state index contributed by atoms with van der Waals surface area (Å²) in [5.74, 6) is 0.827. The predicted molar refractivity (Wildman–Crippen MR) is 50.7 cm³/mol. The smallest absolute Gasteiger partial charge is 0.0223 e. The van der Waals surface area contributed by atoms with Gasteiger partial charge in [-0.3, -0.25) is 0 Å². The summed E-state index contributed by atoms with van der Waals surface area (Å²) in [4.78, 5) is 0. The van der Waals surface area contributed by atoms with Gasteiger partial charge in [-0.2, -0.15) is 0 Å². The summed E-state index contributed by atoms with van der Waals surface area (Å²) in [6, 6.07) is 0. The van der Waals surface area contributed by atoms with E-state index < -0.39 is 0 Å². The SMILES string of the molecule is C=CCC.CCCCCCl.